The van der Waals surface area contributed by atoms with Gasteiger partial charge in [-0.2, -0.15) is 0 Å². The van der Waals surface area contributed by atoms with Crippen LogP contribution in [-0.2, 0) is 51.3 Å². The number of hydrogen-bond donors (Lipinski definition) is 2. The third-order valence-electron chi connectivity index (χ3n) is 5.24. The van der Waals surface area contributed by atoms with Gasteiger partial charge in [0, 0.05) is 13.0 Å². The van der Waals surface area contributed by atoms with Gasteiger partial charge in [-0.1, -0.05) is 60.7 Å². The van der Waals surface area contributed by atoms with Crippen molar-refractivity contribution in [2.75, 3.05) is 33.0 Å². The van der Waals surface area contributed by atoms with Gasteiger partial charge in [0.25, 0.3) is 0 Å². The number of benzene rings is 2. The molecule has 0 heterocycles. The Morgan fingerprint density at radius 1 is 0.780 bits per heavy atom. The van der Waals surface area contributed by atoms with Crippen LogP contribution in [0.25, 0.3) is 0 Å². The van der Waals surface area contributed by atoms with Gasteiger partial charge < -0.3 is 34.3 Å². The SMILES string of the molecule is CC(C)(C)OC(=O)NCCOCCOCC(=O)NC(CCC(=O)OCc1ccccc1)C(=O)OCc1ccccc1. The highest BCUT2D eigenvalue weighted by Crippen LogP contribution is 2.08. The largest absolute Gasteiger partial charge is 0.461 e. The van der Waals surface area contributed by atoms with E-state index in [9.17, 15) is 19.2 Å². The van der Waals surface area contributed by atoms with Crippen molar-refractivity contribution in [3.63, 3.8) is 0 Å². The van der Waals surface area contributed by atoms with Crippen LogP contribution in [0.5, 0.6) is 0 Å². The number of rotatable bonds is 17. The number of alkyl carbamates (subject to hydrolysis) is 1. The minimum Gasteiger partial charge on any atom is -0.461 e. The van der Waals surface area contributed by atoms with Crippen LogP contribution in [0.1, 0.15) is 44.7 Å². The first-order valence-electron chi connectivity index (χ1n) is 13.4. The molecule has 0 bridgehead atoms. The van der Waals surface area contributed by atoms with Crippen molar-refractivity contribution in [2.24, 2.45) is 0 Å². The molecule has 2 N–H and O–H groups in total. The van der Waals surface area contributed by atoms with Crippen molar-refractivity contribution in [1.82, 2.24) is 10.6 Å². The number of carbonyl (C=O) groups is 4. The van der Waals surface area contributed by atoms with Crippen LogP contribution >= 0.6 is 0 Å². The lowest BCUT2D eigenvalue weighted by Gasteiger charge is -2.19. The Kier molecular flexibility index (Phi) is 14.9. The molecule has 1 atom stereocenters. The highest BCUT2D eigenvalue weighted by atomic mass is 16.6. The second kappa shape index (κ2) is 18.4. The molecule has 0 aliphatic carbocycles. The smallest absolute Gasteiger partial charge is 0.407 e. The van der Waals surface area contributed by atoms with Gasteiger partial charge in [-0.25, -0.2) is 9.59 Å². The third-order valence-corrected chi connectivity index (χ3v) is 5.24. The average Bonchev–Trinajstić information content (AvgIpc) is 2.94. The molecule has 224 valence electrons. The van der Waals surface area contributed by atoms with E-state index in [-0.39, 0.29) is 59.0 Å². The van der Waals surface area contributed by atoms with Crippen LogP contribution in [0.4, 0.5) is 4.79 Å². The maximum absolute atomic E-state index is 12.8. The summed E-state index contributed by atoms with van der Waals surface area (Å²) < 4.78 is 26.4. The molecule has 2 aromatic carbocycles. The summed E-state index contributed by atoms with van der Waals surface area (Å²) in [5, 5.41) is 5.15. The van der Waals surface area contributed by atoms with Gasteiger partial charge in [0.2, 0.25) is 5.91 Å². The fourth-order valence-electron chi connectivity index (χ4n) is 3.31. The molecule has 0 saturated carbocycles. The zero-order valence-corrected chi connectivity index (χ0v) is 23.9. The van der Waals surface area contributed by atoms with Gasteiger partial charge in [-0.05, 0) is 38.3 Å². The van der Waals surface area contributed by atoms with E-state index in [0.717, 1.165) is 11.1 Å². The molecule has 2 rings (SSSR count). The molecule has 0 aromatic heterocycles. The van der Waals surface area contributed by atoms with Crippen molar-refractivity contribution in [3.05, 3.63) is 71.8 Å². The first kappa shape index (κ1) is 33.2. The fraction of sp³-hybridized carbons (Fsp3) is 0.467. The molecular formula is C30H40N2O9. The zero-order valence-electron chi connectivity index (χ0n) is 23.9. The molecule has 41 heavy (non-hydrogen) atoms. The van der Waals surface area contributed by atoms with Gasteiger partial charge in [-0.3, -0.25) is 9.59 Å². The first-order chi connectivity index (χ1) is 19.6. The summed E-state index contributed by atoms with van der Waals surface area (Å²) in [6.45, 7) is 5.95. The molecule has 0 aliphatic heterocycles. The van der Waals surface area contributed by atoms with Crippen LogP contribution in [0, 0.1) is 0 Å². The number of esters is 2. The quantitative estimate of drug-likeness (QED) is 0.166. The third kappa shape index (κ3) is 16.0. The lowest BCUT2D eigenvalue weighted by molar-refractivity contribution is -0.151. The van der Waals surface area contributed by atoms with E-state index in [1.54, 1.807) is 20.8 Å². The average molecular weight is 573 g/mol. The standard InChI is InChI=1S/C30H40N2O9/c1-30(2,3)41-29(36)31-16-17-37-18-19-38-22-26(33)32-25(28(35)40-21-24-12-8-5-9-13-24)14-15-27(34)39-20-23-10-6-4-7-11-23/h4-13,25H,14-22H2,1-3H3,(H,31,36)(H,32,33). The highest BCUT2D eigenvalue weighted by Gasteiger charge is 2.24. The van der Waals surface area contributed by atoms with Crippen molar-refractivity contribution in [3.8, 4) is 0 Å². The predicted molar refractivity (Wildman–Crippen MR) is 150 cm³/mol. The maximum Gasteiger partial charge on any atom is 0.407 e. The van der Waals surface area contributed by atoms with Gasteiger partial charge in [0.05, 0.1) is 19.8 Å². The zero-order chi connectivity index (χ0) is 29.9. The van der Waals surface area contributed by atoms with E-state index in [2.05, 4.69) is 10.6 Å². The molecule has 2 aromatic rings. The lowest BCUT2D eigenvalue weighted by Crippen LogP contribution is -2.43. The fourth-order valence-corrected chi connectivity index (χ4v) is 3.31. The van der Waals surface area contributed by atoms with E-state index in [1.807, 2.05) is 60.7 Å². The first-order valence-corrected chi connectivity index (χ1v) is 13.4. The molecule has 2 amide bonds. The number of nitrogens with one attached hydrogen (secondary N) is 2. The van der Waals surface area contributed by atoms with Gasteiger partial charge >= 0.3 is 18.0 Å². The van der Waals surface area contributed by atoms with Crippen LogP contribution in [0.3, 0.4) is 0 Å². The number of carbonyl (C=O) groups excluding carboxylic acids is 4. The molecular weight excluding hydrogens is 532 g/mol. The summed E-state index contributed by atoms with van der Waals surface area (Å²) in [6.07, 6.45) is -0.624. The Bertz CT molecular complexity index is 1070. The van der Waals surface area contributed by atoms with E-state index in [1.165, 1.54) is 0 Å². The van der Waals surface area contributed by atoms with Gasteiger partial charge in [0.15, 0.2) is 0 Å². The number of amides is 2. The molecule has 0 fully saturated rings. The van der Waals surface area contributed by atoms with Crippen LogP contribution in [0.15, 0.2) is 60.7 Å². The van der Waals surface area contributed by atoms with Gasteiger partial charge in [-0.15, -0.1) is 0 Å². The molecule has 11 nitrogen and oxygen atoms in total. The molecule has 0 radical (unpaired) electrons. The Balaban J connectivity index is 1.72. The van der Waals surface area contributed by atoms with Crippen molar-refractivity contribution < 1.29 is 42.9 Å². The Labute approximate surface area is 240 Å². The second-order valence-electron chi connectivity index (χ2n) is 9.99. The lowest BCUT2D eigenvalue weighted by atomic mass is 10.1. The van der Waals surface area contributed by atoms with Crippen LogP contribution < -0.4 is 10.6 Å². The topological polar surface area (TPSA) is 138 Å². The van der Waals surface area contributed by atoms with E-state index < -0.39 is 35.6 Å². The Morgan fingerprint density at radius 3 is 1.98 bits per heavy atom. The maximum atomic E-state index is 12.8. The van der Waals surface area contributed by atoms with Gasteiger partial charge in [0.1, 0.15) is 31.5 Å². The molecule has 0 saturated heterocycles. The van der Waals surface area contributed by atoms with Crippen molar-refractivity contribution in [2.45, 2.75) is 58.5 Å². The molecule has 0 aliphatic rings. The monoisotopic (exact) mass is 572 g/mol. The minimum absolute atomic E-state index is 0.000739. The van der Waals surface area contributed by atoms with Crippen LogP contribution in [0.2, 0.25) is 0 Å². The normalized spacial score (nSPS) is 11.7. The summed E-state index contributed by atoms with van der Waals surface area (Å²) in [7, 11) is 0. The summed E-state index contributed by atoms with van der Waals surface area (Å²) in [4.78, 5) is 49.1. The Morgan fingerprint density at radius 2 is 1.37 bits per heavy atom. The van der Waals surface area contributed by atoms with Crippen molar-refractivity contribution >= 4 is 23.9 Å². The van der Waals surface area contributed by atoms with E-state index >= 15 is 0 Å². The Hall–Kier alpha value is -3.96. The summed E-state index contributed by atoms with van der Waals surface area (Å²) in [6, 6.07) is 17.3. The summed E-state index contributed by atoms with van der Waals surface area (Å²) in [5.74, 6) is -1.71. The summed E-state index contributed by atoms with van der Waals surface area (Å²) >= 11 is 0. The number of hydrogen-bond acceptors (Lipinski definition) is 9. The van der Waals surface area contributed by atoms with E-state index in [4.69, 9.17) is 23.7 Å². The second-order valence-corrected chi connectivity index (χ2v) is 9.99. The molecule has 1 unspecified atom stereocenters. The van der Waals surface area contributed by atoms with Crippen molar-refractivity contribution in [1.29, 1.82) is 0 Å². The van der Waals surface area contributed by atoms with E-state index in [0.29, 0.717) is 0 Å². The number of ether oxygens (including phenoxy) is 5. The molecule has 0 spiro atoms. The molecule has 11 heteroatoms. The predicted octanol–water partition coefficient (Wildman–Crippen LogP) is 3.30. The van der Waals surface area contributed by atoms with Crippen LogP contribution in [-0.4, -0.2) is 68.6 Å². The minimum atomic E-state index is -1.06. The summed E-state index contributed by atoms with van der Waals surface area (Å²) in [5.41, 5.74) is 1.05. The highest BCUT2D eigenvalue weighted by molar-refractivity contribution is 5.85.